The third-order valence-electron chi connectivity index (χ3n) is 2.80. The summed E-state index contributed by atoms with van der Waals surface area (Å²) in [6.07, 6.45) is -0.0493. The number of benzene rings is 1. The fraction of sp³-hybridized carbons (Fsp3) is 0.333. The molecule has 0 saturated carbocycles. The van der Waals surface area contributed by atoms with Crippen molar-refractivity contribution in [2.75, 3.05) is 12.4 Å². The van der Waals surface area contributed by atoms with Crippen molar-refractivity contribution < 1.29 is 9.47 Å². The highest BCUT2D eigenvalue weighted by Gasteiger charge is 2.21. The predicted octanol–water partition coefficient (Wildman–Crippen LogP) is 1.04. The lowest BCUT2D eigenvalue weighted by Crippen LogP contribution is -2.31. The van der Waals surface area contributed by atoms with Gasteiger partial charge in [-0.15, -0.1) is 5.10 Å². The summed E-state index contributed by atoms with van der Waals surface area (Å²) in [6.45, 7) is 0.502. The van der Waals surface area contributed by atoms with Crippen LogP contribution in [-0.2, 0) is 7.05 Å². The van der Waals surface area contributed by atoms with Gasteiger partial charge in [0, 0.05) is 12.8 Å². The van der Waals surface area contributed by atoms with Crippen LogP contribution in [-0.4, -0.2) is 33.2 Å². The average molecular weight is 279 g/mol. The van der Waals surface area contributed by atoms with Crippen molar-refractivity contribution in [2.45, 2.75) is 11.3 Å². The first kappa shape index (κ1) is 12.2. The molecule has 0 amide bonds. The van der Waals surface area contributed by atoms with Crippen molar-refractivity contribution in [3.05, 3.63) is 34.7 Å². The zero-order chi connectivity index (χ0) is 13.2. The van der Waals surface area contributed by atoms with Gasteiger partial charge in [0.15, 0.2) is 16.7 Å². The van der Waals surface area contributed by atoms with Crippen LogP contribution in [0.2, 0.25) is 0 Å². The third kappa shape index (κ3) is 2.46. The highest BCUT2D eigenvalue weighted by Crippen LogP contribution is 2.32. The Morgan fingerprint density at radius 3 is 3.00 bits per heavy atom. The molecule has 1 N–H and O–H groups in total. The molecule has 3 rings (SSSR count). The molecule has 1 atom stereocenters. The molecule has 0 aliphatic carbocycles. The van der Waals surface area contributed by atoms with Crippen molar-refractivity contribution in [2.24, 2.45) is 7.05 Å². The zero-order valence-electron chi connectivity index (χ0n) is 10.3. The van der Waals surface area contributed by atoms with Crippen LogP contribution in [0.3, 0.4) is 0 Å². The fourth-order valence-corrected chi connectivity index (χ4v) is 2.66. The van der Waals surface area contributed by atoms with E-state index >= 15 is 0 Å². The van der Waals surface area contributed by atoms with E-state index < -0.39 is 0 Å². The number of nitrogens with zero attached hydrogens (tertiary/aromatic N) is 2. The van der Waals surface area contributed by atoms with Crippen LogP contribution < -0.4 is 15.2 Å². The van der Waals surface area contributed by atoms with E-state index in [9.17, 15) is 4.79 Å². The minimum absolute atomic E-state index is 0.0493. The number of thioether (sulfide) groups is 1. The van der Waals surface area contributed by atoms with Crippen molar-refractivity contribution in [3.63, 3.8) is 0 Å². The third-order valence-corrected chi connectivity index (χ3v) is 3.97. The molecule has 0 spiro atoms. The molecule has 7 heteroatoms. The molecule has 0 saturated heterocycles. The fourth-order valence-electron chi connectivity index (χ4n) is 1.77. The van der Waals surface area contributed by atoms with Crippen molar-refractivity contribution >= 4 is 11.8 Å². The first-order chi connectivity index (χ1) is 9.24. The first-order valence-electron chi connectivity index (χ1n) is 5.87. The Morgan fingerprint density at radius 1 is 1.47 bits per heavy atom. The van der Waals surface area contributed by atoms with Gasteiger partial charge in [-0.2, -0.15) is 0 Å². The van der Waals surface area contributed by atoms with Gasteiger partial charge in [-0.1, -0.05) is 23.9 Å². The molecule has 2 heterocycles. The van der Waals surface area contributed by atoms with Crippen LogP contribution in [0.25, 0.3) is 0 Å². The molecule has 0 fully saturated rings. The lowest BCUT2D eigenvalue weighted by atomic mass is 10.3. The van der Waals surface area contributed by atoms with Crippen molar-refractivity contribution in [1.29, 1.82) is 0 Å². The number of fused-ring (bicyclic) bond motifs is 1. The second-order valence-corrected chi connectivity index (χ2v) is 5.17. The molecule has 0 bridgehead atoms. The second kappa shape index (κ2) is 5.00. The molecule has 1 aromatic carbocycles. The van der Waals surface area contributed by atoms with E-state index in [1.165, 1.54) is 16.3 Å². The topological polar surface area (TPSA) is 69.1 Å². The highest BCUT2D eigenvalue weighted by atomic mass is 32.2. The largest absolute Gasteiger partial charge is 0.486 e. The maximum absolute atomic E-state index is 11.2. The number of hydrogen-bond donors (Lipinski definition) is 1. The van der Waals surface area contributed by atoms with E-state index in [1.54, 1.807) is 7.05 Å². The van der Waals surface area contributed by atoms with Crippen molar-refractivity contribution in [1.82, 2.24) is 14.8 Å². The van der Waals surface area contributed by atoms with Gasteiger partial charge in [0.25, 0.3) is 0 Å². The Balaban J connectivity index is 1.64. The Bertz CT molecular complexity index is 637. The summed E-state index contributed by atoms with van der Waals surface area (Å²) in [4.78, 5) is 11.2. The summed E-state index contributed by atoms with van der Waals surface area (Å²) in [6, 6.07) is 7.60. The number of H-pyrrole nitrogens is 1. The van der Waals surface area contributed by atoms with Gasteiger partial charge in [0.1, 0.15) is 12.7 Å². The number of rotatable bonds is 3. The summed E-state index contributed by atoms with van der Waals surface area (Å²) >= 11 is 1.46. The van der Waals surface area contributed by atoms with Gasteiger partial charge in [-0.05, 0) is 12.1 Å². The van der Waals surface area contributed by atoms with E-state index in [1.807, 2.05) is 24.3 Å². The number of para-hydroxylation sites is 2. The normalized spacial score (nSPS) is 17.4. The summed E-state index contributed by atoms with van der Waals surface area (Å²) in [5.41, 5.74) is -0.214. The van der Waals surface area contributed by atoms with Gasteiger partial charge in [-0.25, -0.2) is 9.89 Å². The van der Waals surface area contributed by atoms with E-state index in [2.05, 4.69) is 10.2 Å². The summed E-state index contributed by atoms with van der Waals surface area (Å²) in [5, 5.41) is 6.99. The number of nitrogens with one attached hydrogen (secondary N) is 1. The zero-order valence-corrected chi connectivity index (χ0v) is 11.1. The summed E-state index contributed by atoms with van der Waals surface area (Å²) in [5.74, 6) is 2.21. The molecule has 1 unspecified atom stereocenters. The molecule has 2 aromatic rings. The standard InChI is InChI=1S/C12H13N3O3S/c1-15-11(16)13-14-12(15)19-7-8-6-17-9-4-2-3-5-10(9)18-8/h2-5,8H,6-7H2,1H3,(H,13,16). The van der Waals surface area contributed by atoms with E-state index in [0.717, 1.165) is 11.5 Å². The van der Waals surface area contributed by atoms with Gasteiger partial charge in [-0.3, -0.25) is 4.57 Å². The minimum atomic E-state index is -0.214. The van der Waals surface area contributed by atoms with E-state index in [0.29, 0.717) is 17.5 Å². The number of ether oxygens (including phenoxy) is 2. The molecule has 0 radical (unpaired) electrons. The van der Waals surface area contributed by atoms with Gasteiger partial charge in [0.05, 0.1) is 0 Å². The SMILES string of the molecule is Cn1c(SCC2COc3ccccc3O2)n[nH]c1=O. The second-order valence-electron chi connectivity index (χ2n) is 4.18. The van der Waals surface area contributed by atoms with Crippen LogP contribution in [0.15, 0.2) is 34.2 Å². The maximum atomic E-state index is 11.2. The smallest absolute Gasteiger partial charge is 0.343 e. The Morgan fingerprint density at radius 2 is 2.26 bits per heavy atom. The number of hydrogen-bond acceptors (Lipinski definition) is 5. The van der Waals surface area contributed by atoms with Crippen LogP contribution in [0, 0.1) is 0 Å². The van der Waals surface area contributed by atoms with Gasteiger partial charge < -0.3 is 9.47 Å². The lowest BCUT2D eigenvalue weighted by molar-refractivity contribution is 0.107. The summed E-state index contributed by atoms with van der Waals surface area (Å²) in [7, 11) is 1.68. The molecule has 1 aromatic heterocycles. The van der Waals surface area contributed by atoms with Crippen LogP contribution in [0.1, 0.15) is 0 Å². The maximum Gasteiger partial charge on any atom is 0.343 e. The molecule has 1 aliphatic heterocycles. The molecule has 1 aliphatic rings. The lowest BCUT2D eigenvalue weighted by Gasteiger charge is -2.25. The number of aromatic amines is 1. The molecule has 100 valence electrons. The molecular weight excluding hydrogens is 266 g/mol. The average Bonchev–Trinajstić information content (AvgIpc) is 2.76. The molecular formula is C12H13N3O3S. The first-order valence-corrected chi connectivity index (χ1v) is 6.85. The minimum Gasteiger partial charge on any atom is -0.486 e. The summed E-state index contributed by atoms with van der Waals surface area (Å²) < 4.78 is 12.9. The van der Waals surface area contributed by atoms with Gasteiger partial charge in [0.2, 0.25) is 0 Å². The molecule has 6 nitrogen and oxygen atoms in total. The van der Waals surface area contributed by atoms with Gasteiger partial charge >= 0.3 is 5.69 Å². The van der Waals surface area contributed by atoms with Crippen LogP contribution in [0.5, 0.6) is 11.5 Å². The Kier molecular flexibility index (Phi) is 3.20. The highest BCUT2D eigenvalue weighted by molar-refractivity contribution is 7.99. The number of aromatic nitrogens is 3. The van der Waals surface area contributed by atoms with E-state index in [4.69, 9.17) is 9.47 Å². The van der Waals surface area contributed by atoms with E-state index in [-0.39, 0.29) is 11.8 Å². The quantitative estimate of drug-likeness (QED) is 0.850. The van der Waals surface area contributed by atoms with Crippen molar-refractivity contribution in [3.8, 4) is 11.5 Å². The van der Waals surface area contributed by atoms with Crippen LogP contribution >= 0.6 is 11.8 Å². The Hall–Kier alpha value is -1.89. The monoisotopic (exact) mass is 279 g/mol. The Labute approximate surface area is 113 Å². The predicted molar refractivity (Wildman–Crippen MR) is 70.9 cm³/mol. The molecule has 19 heavy (non-hydrogen) atoms. The van der Waals surface area contributed by atoms with Crippen LogP contribution in [0.4, 0.5) is 0 Å².